The summed E-state index contributed by atoms with van der Waals surface area (Å²) in [6.45, 7) is 0. The fourth-order valence-corrected chi connectivity index (χ4v) is 4.12. The fraction of sp³-hybridized carbons (Fsp3) is 0.318. The minimum Gasteiger partial charge on any atom is -0.509 e. The van der Waals surface area contributed by atoms with E-state index in [4.69, 9.17) is 4.74 Å². The Labute approximate surface area is 153 Å². The first-order valence-electron chi connectivity index (χ1n) is 9.08. The van der Waals surface area contributed by atoms with Crippen molar-refractivity contribution in [3.8, 4) is 11.1 Å². The van der Waals surface area contributed by atoms with E-state index in [1.807, 2.05) is 54.6 Å². The summed E-state index contributed by atoms with van der Waals surface area (Å²) in [6, 6.07) is 17.8. The van der Waals surface area contributed by atoms with E-state index in [2.05, 4.69) is 5.32 Å². The molecule has 1 saturated carbocycles. The molecule has 4 heteroatoms. The number of hydrogen-bond acceptors (Lipinski definition) is 3. The molecule has 4 nitrogen and oxygen atoms in total. The van der Waals surface area contributed by atoms with E-state index >= 15 is 0 Å². The van der Waals surface area contributed by atoms with Crippen LogP contribution in [0.3, 0.4) is 0 Å². The topological polar surface area (TPSA) is 58.6 Å². The standard InChI is InChI=1S/C22H23NO3/c1-26-18-10-12-22(13-11-18)20(24)19(21(25)23-22)17-9-5-8-16(14-17)15-6-3-2-4-7-15/h2-9,14,18,24H,10-13H2,1H3,(H,23,25). The smallest absolute Gasteiger partial charge is 0.256 e. The third kappa shape index (κ3) is 2.80. The molecule has 2 aromatic rings. The van der Waals surface area contributed by atoms with Crippen LogP contribution in [0.5, 0.6) is 0 Å². The van der Waals surface area contributed by atoms with Gasteiger partial charge in [0.05, 0.1) is 17.2 Å². The summed E-state index contributed by atoms with van der Waals surface area (Å²) in [5.41, 5.74) is 2.64. The van der Waals surface area contributed by atoms with Crippen LogP contribution in [0.4, 0.5) is 0 Å². The highest BCUT2D eigenvalue weighted by Crippen LogP contribution is 2.42. The van der Waals surface area contributed by atoms with Gasteiger partial charge in [-0.15, -0.1) is 0 Å². The average Bonchev–Trinajstić information content (AvgIpc) is 2.93. The Morgan fingerprint density at radius 2 is 1.65 bits per heavy atom. The molecular weight excluding hydrogens is 326 g/mol. The Hall–Kier alpha value is -2.59. The van der Waals surface area contributed by atoms with Gasteiger partial charge in [0.15, 0.2) is 0 Å². The van der Waals surface area contributed by atoms with E-state index in [0.717, 1.165) is 29.5 Å². The predicted molar refractivity (Wildman–Crippen MR) is 102 cm³/mol. The number of nitrogens with one attached hydrogen (secondary N) is 1. The average molecular weight is 349 g/mol. The Kier molecular flexibility index (Phi) is 4.29. The van der Waals surface area contributed by atoms with Crippen LogP contribution < -0.4 is 5.32 Å². The Morgan fingerprint density at radius 3 is 2.35 bits per heavy atom. The first-order chi connectivity index (χ1) is 12.6. The van der Waals surface area contributed by atoms with Crippen molar-refractivity contribution in [3.05, 3.63) is 65.9 Å². The normalized spacial score (nSPS) is 25.6. The first-order valence-corrected chi connectivity index (χ1v) is 9.08. The van der Waals surface area contributed by atoms with Crippen molar-refractivity contribution in [2.75, 3.05) is 7.11 Å². The monoisotopic (exact) mass is 349 g/mol. The molecule has 4 rings (SSSR count). The van der Waals surface area contributed by atoms with Gasteiger partial charge >= 0.3 is 0 Å². The summed E-state index contributed by atoms with van der Waals surface area (Å²) in [4.78, 5) is 12.7. The van der Waals surface area contributed by atoms with Crippen molar-refractivity contribution in [1.82, 2.24) is 5.32 Å². The van der Waals surface area contributed by atoms with Crippen LogP contribution in [0.15, 0.2) is 60.4 Å². The van der Waals surface area contributed by atoms with Crippen molar-refractivity contribution < 1.29 is 14.6 Å². The highest BCUT2D eigenvalue weighted by atomic mass is 16.5. The van der Waals surface area contributed by atoms with Gasteiger partial charge in [0, 0.05) is 7.11 Å². The number of benzene rings is 2. The van der Waals surface area contributed by atoms with Gasteiger partial charge in [-0.1, -0.05) is 48.5 Å². The molecule has 2 aliphatic rings. The second-order valence-corrected chi connectivity index (χ2v) is 7.14. The van der Waals surface area contributed by atoms with Gasteiger partial charge in [-0.25, -0.2) is 0 Å². The molecule has 1 heterocycles. The second kappa shape index (κ2) is 6.61. The molecule has 2 aromatic carbocycles. The molecule has 26 heavy (non-hydrogen) atoms. The molecule has 0 radical (unpaired) electrons. The molecule has 1 amide bonds. The zero-order valence-electron chi connectivity index (χ0n) is 14.9. The van der Waals surface area contributed by atoms with E-state index in [1.54, 1.807) is 7.11 Å². The molecule has 0 atom stereocenters. The maximum Gasteiger partial charge on any atom is 0.256 e. The van der Waals surface area contributed by atoms with Gasteiger partial charge in [-0.2, -0.15) is 0 Å². The van der Waals surface area contributed by atoms with Gasteiger partial charge < -0.3 is 15.2 Å². The first kappa shape index (κ1) is 16.9. The lowest BCUT2D eigenvalue weighted by Gasteiger charge is -2.36. The van der Waals surface area contributed by atoms with Gasteiger partial charge in [-0.3, -0.25) is 4.79 Å². The van der Waals surface area contributed by atoms with Crippen molar-refractivity contribution >= 4 is 11.5 Å². The van der Waals surface area contributed by atoms with E-state index in [1.165, 1.54) is 0 Å². The van der Waals surface area contributed by atoms with Crippen LogP contribution in [0.1, 0.15) is 31.2 Å². The van der Waals surface area contributed by atoms with Crippen molar-refractivity contribution in [2.24, 2.45) is 0 Å². The molecule has 1 spiro atoms. The lowest BCUT2D eigenvalue weighted by Crippen LogP contribution is -2.48. The van der Waals surface area contributed by atoms with Crippen molar-refractivity contribution in [2.45, 2.75) is 37.3 Å². The van der Waals surface area contributed by atoms with Crippen molar-refractivity contribution in [1.29, 1.82) is 0 Å². The van der Waals surface area contributed by atoms with E-state index < -0.39 is 5.54 Å². The fourth-order valence-electron chi connectivity index (χ4n) is 4.12. The Bertz CT molecular complexity index is 849. The molecular formula is C22H23NO3. The Balaban J connectivity index is 1.70. The van der Waals surface area contributed by atoms with Gasteiger partial charge in [0.25, 0.3) is 5.91 Å². The summed E-state index contributed by atoms with van der Waals surface area (Å²) in [7, 11) is 1.71. The number of aliphatic hydroxyl groups is 1. The molecule has 1 aliphatic heterocycles. The number of ether oxygens (including phenoxy) is 1. The SMILES string of the molecule is COC1CCC2(CC1)NC(=O)C(c1cccc(-c3ccccc3)c1)=C2O. The summed E-state index contributed by atoms with van der Waals surface area (Å²) < 4.78 is 5.42. The zero-order chi connectivity index (χ0) is 18.1. The molecule has 1 fully saturated rings. The van der Waals surface area contributed by atoms with Gasteiger partial charge in [0.2, 0.25) is 0 Å². The van der Waals surface area contributed by atoms with Crippen molar-refractivity contribution in [3.63, 3.8) is 0 Å². The maximum atomic E-state index is 12.7. The van der Waals surface area contributed by atoms with Crippen LogP contribution >= 0.6 is 0 Å². The summed E-state index contributed by atoms with van der Waals surface area (Å²) in [5, 5.41) is 14.0. The second-order valence-electron chi connectivity index (χ2n) is 7.14. The van der Waals surface area contributed by atoms with Gasteiger partial charge in [-0.05, 0) is 48.4 Å². The maximum absolute atomic E-state index is 12.7. The minimum atomic E-state index is -0.635. The highest BCUT2D eigenvalue weighted by Gasteiger charge is 2.47. The molecule has 0 saturated heterocycles. The number of hydrogen-bond donors (Lipinski definition) is 2. The van der Waals surface area contributed by atoms with E-state index in [-0.39, 0.29) is 17.8 Å². The zero-order valence-corrected chi connectivity index (χ0v) is 14.9. The molecule has 134 valence electrons. The summed E-state index contributed by atoms with van der Waals surface area (Å²) in [5.74, 6) is -0.00848. The van der Waals surface area contributed by atoms with E-state index in [0.29, 0.717) is 18.4 Å². The third-order valence-corrected chi connectivity index (χ3v) is 5.65. The van der Waals surface area contributed by atoms with Crippen LogP contribution in [0.2, 0.25) is 0 Å². The summed E-state index contributed by atoms with van der Waals surface area (Å²) >= 11 is 0. The highest BCUT2D eigenvalue weighted by molar-refractivity contribution is 6.23. The molecule has 1 aliphatic carbocycles. The lowest BCUT2D eigenvalue weighted by atomic mass is 9.79. The quantitative estimate of drug-likeness (QED) is 0.878. The summed E-state index contributed by atoms with van der Waals surface area (Å²) in [6.07, 6.45) is 3.27. The minimum absolute atomic E-state index is 0.183. The number of methoxy groups -OCH3 is 1. The molecule has 2 N–H and O–H groups in total. The van der Waals surface area contributed by atoms with E-state index in [9.17, 15) is 9.90 Å². The molecule has 0 unspecified atom stereocenters. The number of aliphatic hydroxyl groups excluding tert-OH is 1. The number of rotatable bonds is 3. The van der Waals surface area contributed by atoms with Crippen LogP contribution in [0.25, 0.3) is 16.7 Å². The largest absolute Gasteiger partial charge is 0.509 e. The molecule has 0 bridgehead atoms. The van der Waals surface area contributed by atoms with Gasteiger partial charge in [0.1, 0.15) is 5.76 Å². The Morgan fingerprint density at radius 1 is 1.00 bits per heavy atom. The predicted octanol–water partition coefficient (Wildman–Crippen LogP) is 4.08. The van der Waals surface area contributed by atoms with Crippen LogP contribution in [-0.2, 0) is 9.53 Å². The third-order valence-electron chi connectivity index (χ3n) is 5.65. The lowest BCUT2D eigenvalue weighted by molar-refractivity contribution is -0.116. The van der Waals surface area contributed by atoms with Crippen LogP contribution in [0, 0.1) is 0 Å². The number of amides is 1. The number of carbonyl (C=O) groups is 1. The number of carbonyl (C=O) groups excluding carboxylic acids is 1. The van der Waals surface area contributed by atoms with Crippen LogP contribution in [-0.4, -0.2) is 29.8 Å². The molecule has 0 aromatic heterocycles.